The number of ether oxygens (including phenoxy) is 2. The molecule has 140 valence electrons. The molecule has 0 atom stereocenters. The maximum Gasteiger partial charge on any atom is 0.170 e. The van der Waals surface area contributed by atoms with E-state index in [0.717, 1.165) is 24.1 Å². The molecule has 2 aromatic rings. The van der Waals surface area contributed by atoms with E-state index in [1.54, 1.807) is 7.11 Å². The fourth-order valence-electron chi connectivity index (χ4n) is 3.79. The van der Waals surface area contributed by atoms with Crippen LogP contribution in [0.25, 0.3) is 0 Å². The van der Waals surface area contributed by atoms with Crippen LogP contribution in [0, 0.1) is 0 Å². The predicted octanol–water partition coefficient (Wildman–Crippen LogP) is 4.45. The summed E-state index contributed by atoms with van der Waals surface area (Å²) >= 11 is 0. The third kappa shape index (κ3) is 5.50. The second kappa shape index (κ2) is 10.2. The van der Waals surface area contributed by atoms with Crippen molar-refractivity contribution >= 4 is 0 Å². The van der Waals surface area contributed by atoms with Crippen LogP contribution in [0.4, 0.5) is 0 Å². The van der Waals surface area contributed by atoms with Crippen LogP contribution in [0.2, 0.25) is 0 Å². The SMILES string of the molecule is COc1cccc(C[NH2+]C2CCCCCCC2)c1OCc1ccccc1. The number of nitrogens with two attached hydrogens (primary N) is 1. The minimum atomic E-state index is 0.567. The van der Waals surface area contributed by atoms with Crippen LogP contribution in [0.5, 0.6) is 11.5 Å². The summed E-state index contributed by atoms with van der Waals surface area (Å²) in [4.78, 5) is 0. The lowest BCUT2D eigenvalue weighted by Crippen LogP contribution is -2.88. The van der Waals surface area contributed by atoms with Gasteiger partial charge >= 0.3 is 0 Å². The zero-order valence-electron chi connectivity index (χ0n) is 16.0. The molecule has 1 aliphatic carbocycles. The van der Waals surface area contributed by atoms with Crippen molar-refractivity contribution in [2.45, 2.75) is 64.1 Å². The van der Waals surface area contributed by atoms with Gasteiger partial charge in [0.15, 0.2) is 11.5 Å². The molecule has 0 heterocycles. The molecule has 0 radical (unpaired) electrons. The van der Waals surface area contributed by atoms with Gasteiger partial charge in [-0.05, 0) is 43.4 Å². The highest BCUT2D eigenvalue weighted by atomic mass is 16.5. The normalized spacial score (nSPS) is 15.9. The monoisotopic (exact) mass is 354 g/mol. The van der Waals surface area contributed by atoms with Crippen molar-refractivity contribution < 1.29 is 14.8 Å². The quantitative estimate of drug-likeness (QED) is 0.797. The van der Waals surface area contributed by atoms with Crippen molar-refractivity contribution in [1.29, 1.82) is 0 Å². The molecule has 0 bridgehead atoms. The molecule has 0 unspecified atom stereocenters. The smallest absolute Gasteiger partial charge is 0.170 e. The first-order chi connectivity index (χ1) is 12.9. The van der Waals surface area contributed by atoms with Crippen LogP contribution in [0.1, 0.15) is 56.1 Å². The van der Waals surface area contributed by atoms with Gasteiger partial charge in [-0.3, -0.25) is 0 Å². The molecule has 26 heavy (non-hydrogen) atoms. The van der Waals surface area contributed by atoms with Crippen LogP contribution in [0.3, 0.4) is 0 Å². The van der Waals surface area contributed by atoms with Crippen LogP contribution < -0.4 is 14.8 Å². The van der Waals surface area contributed by atoms with Crippen molar-refractivity contribution in [1.82, 2.24) is 0 Å². The third-order valence-corrected chi connectivity index (χ3v) is 5.33. The van der Waals surface area contributed by atoms with E-state index in [9.17, 15) is 0 Å². The summed E-state index contributed by atoms with van der Waals surface area (Å²) < 4.78 is 11.7. The molecular formula is C23H32NO2+. The number of benzene rings is 2. The molecule has 0 saturated heterocycles. The number of rotatable bonds is 7. The number of quaternary nitrogens is 1. The Morgan fingerprint density at radius 1 is 0.885 bits per heavy atom. The van der Waals surface area contributed by atoms with Gasteiger partial charge in [0.25, 0.3) is 0 Å². The van der Waals surface area contributed by atoms with Gasteiger partial charge in [0.1, 0.15) is 13.2 Å². The Labute approximate surface area is 157 Å². The first-order valence-electron chi connectivity index (χ1n) is 10.0. The van der Waals surface area contributed by atoms with Crippen molar-refractivity contribution in [3.8, 4) is 11.5 Å². The number of para-hydroxylation sites is 1. The molecule has 0 spiro atoms. The lowest BCUT2D eigenvalue weighted by Gasteiger charge is -2.20. The lowest BCUT2D eigenvalue weighted by molar-refractivity contribution is -0.706. The molecule has 1 saturated carbocycles. The molecular weight excluding hydrogens is 322 g/mol. The van der Waals surface area contributed by atoms with Gasteiger partial charge in [-0.2, -0.15) is 0 Å². The Balaban J connectivity index is 1.65. The van der Waals surface area contributed by atoms with Gasteiger partial charge in [-0.15, -0.1) is 0 Å². The first-order valence-corrected chi connectivity index (χ1v) is 10.0. The minimum Gasteiger partial charge on any atom is -0.493 e. The highest BCUT2D eigenvalue weighted by Crippen LogP contribution is 2.31. The maximum atomic E-state index is 6.18. The van der Waals surface area contributed by atoms with E-state index < -0.39 is 0 Å². The molecule has 0 aliphatic heterocycles. The summed E-state index contributed by atoms with van der Waals surface area (Å²) in [5.41, 5.74) is 2.40. The van der Waals surface area contributed by atoms with Crippen molar-refractivity contribution in [2.24, 2.45) is 0 Å². The van der Waals surface area contributed by atoms with Crippen molar-refractivity contribution in [3.05, 3.63) is 59.7 Å². The molecule has 3 rings (SSSR count). The van der Waals surface area contributed by atoms with Gasteiger partial charge in [0.05, 0.1) is 18.7 Å². The highest BCUT2D eigenvalue weighted by molar-refractivity contribution is 5.46. The predicted molar refractivity (Wildman–Crippen MR) is 106 cm³/mol. The minimum absolute atomic E-state index is 0.567. The number of hydrogen-bond acceptors (Lipinski definition) is 2. The topological polar surface area (TPSA) is 35.1 Å². The van der Waals surface area contributed by atoms with E-state index in [1.807, 2.05) is 24.3 Å². The van der Waals surface area contributed by atoms with Gasteiger partial charge in [0.2, 0.25) is 0 Å². The Kier molecular flexibility index (Phi) is 7.38. The second-order valence-electron chi connectivity index (χ2n) is 7.27. The highest BCUT2D eigenvalue weighted by Gasteiger charge is 2.17. The zero-order valence-corrected chi connectivity index (χ0v) is 16.0. The molecule has 0 aromatic heterocycles. The molecule has 3 heteroatoms. The third-order valence-electron chi connectivity index (χ3n) is 5.33. The summed E-state index contributed by atoms with van der Waals surface area (Å²) in [7, 11) is 1.72. The van der Waals surface area contributed by atoms with E-state index >= 15 is 0 Å². The van der Waals surface area contributed by atoms with Gasteiger partial charge < -0.3 is 14.8 Å². The molecule has 1 fully saturated rings. The van der Waals surface area contributed by atoms with Crippen LogP contribution >= 0.6 is 0 Å². The maximum absolute atomic E-state index is 6.18. The summed E-state index contributed by atoms with van der Waals surface area (Å²) in [5, 5.41) is 2.51. The number of hydrogen-bond donors (Lipinski definition) is 1. The number of methoxy groups -OCH3 is 1. The van der Waals surface area contributed by atoms with E-state index in [2.05, 4.69) is 29.6 Å². The van der Waals surface area contributed by atoms with Crippen LogP contribution in [-0.2, 0) is 13.2 Å². The van der Waals surface area contributed by atoms with Crippen molar-refractivity contribution in [2.75, 3.05) is 7.11 Å². The average Bonchev–Trinajstić information content (AvgIpc) is 2.66. The fourth-order valence-corrected chi connectivity index (χ4v) is 3.79. The standard InChI is InChI=1S/C23H31NO2/c1-25-22-16-10-13-20(17-24-21-14-8-3-2-4-9-15-21)23(22)26-18-19-11-6-5-7-12-19/h5-7,10-13,16,21,24H,2-4,8-9,14-15,17-18H2,1H3/p+1. The largest absolute Gasteiger partial charge is 0.493 e. The lowest BCUT2D eigenvalue weighted by atomic mass is 9.96. The molecule has 1 aliphatic rings. The Morgan fingerprint density at radius 3 is 2.35 bits per heavy atom. The Hall–Kier alpha value is -2.00. The fraction of sp³-hybridized carbons (Fsp3) is 0.478. The van der Waals surface area contributed by atoms with Crippen LogP contribution in [-0.4, -0.2) is 13.2 Å². The van der Waals surface area contributed by atoms with Gasteiger partial charge in [-0.25, -0.2) is 0 Å². The van der Waals surface area contributed by atoms with Gasteiger partial charge in [-0.1, -0.05) is 55.7 Å². The van der Waals surface area contributed by atoms with Crippen LogP contribution in [0.15, 0.2) is 48.5 Å². The molecule has 2 N–H and O–H groups in total. The Morgan fingerprint density at radius 2 is 1.62 bits per heavy atom. The summed E-state index contributed by atoms with van der Waals surface area (Å²) in [5.74, 6) is 1.71. The van der Waals surface area contributed by atoms with Gasteiger partial charge in [0, 0.05) is 0 Å². The van der Waals surface area contributed by atoms with E-state index in [-0.39, 0.29) is 0 Å². The van der Waals surface area contributed by atoms with Crippen molar-refractivity contribution in [3.63, 3.8) is 0 Å². The average molecular weight is 355 g/mol. The second-order valence-corrected chi connectivity index (χ2v) is 7.27. The summed E-state index contributed by atoms with van der Waals surface area (Å²) in [6.07, 6.45) is 9.63. The summed E-state index contributed by atoms with van der Waals surface area (Å²) in [6.45, 7) is 1.52. The van der Waals surface area contributed by atoms with E-state index in [4.69, 9.17) is 9.47 Å². The first kappa shape index (κ1) is 18.8. The molecule has 0 amide bonds. The van der Waals surface area contributed by atoms with E-state index in [0.29, 0.717) is 6.61 Å². The summed E-state index contributed by atoms with van der Waals surface area (Å²) in [6, 6.07) is 17.3. The Bertz CT molecular complexity index is 649. The molecule has 3 nitrogen and oxygen atoms in total. The van der Waals surface area contributed by atoms with E-state index in [1.165, 1.54) is 56.1 Å². The molecule has 2 aromatic carbocycles. The zero-order chi connectivity index (χ0) is 18.0.